The molecule has 0 atom stereocenters. The van der Waals surface area contributed by atoms with Gasteiger partial charge in [0.2, 0.25) is 0 Å². The van der Waals surface area contributed by atoms with Crippen LogP contribution in [0.5, 0.6) is 0 Å². The molecule has 0 fully saturated rings. The van der Waals surface area contributed by atoms with Crippen LogP contribution in [0.15, 0.2) is 57.1 Å². The van der Waals surface area contributed by atoms with Crippen LogP contribution in [0.25, 0.3) is 10.6 Å². The van der Waals surface area contributed by atoms with Gasteiger partial charge in [-0.05, 0) is 51.1 Å². The van der Waals surface area contributed by atoms with Gasteiger partial charge in [-0.3, -0.25) is 9.78 Å². The van der Waals surface area contributed by atoms with Crippen LogP contribution in [0.2, 0.25) is 0 Å². The summed E-state index contributed by atoms with van der Waals surface area (Å²) in [7, 11) is 0. The molecule has 0 saturated heterocycles. The predicted molar refractivity (Wildman–Crippen MR) is 85.1 cm³/mol. The highest BCUT2D eigenvalue weighted by molar-refractivity contribution is 9.10. The molecule has 1 N–H and O–H groups in total. The van der Waals surface area contributed by atoms with Crippen molar-refractivity contribution in [3.63, 3.8) is 0 Å². The summed E-state index contributed by atoms with van der Waals surface area (Å²) in [6.45, 7) is 0.401. The molecule has 3 rings (SSSR count). The fourth-order valence-corrected chi connectivity index (χ4v) is 2.98. The molecule has 3 aromatic heterocycles. The van der Waals surface area contributed by atoms with Crippen molar-refractivity contribution >= 4 is 33.2 Å². The Kier molecular flexibility index (Phi) is 4.17. The number of pyridine rings is 1. The lowest BCUT2D eigenvalue weighted by atomic mass is 10.1. The largest absolute Gasteiger partial charge is 0.444 e. The maximum Gasteiger partial charge on any atom is 0.287 e. The van der Waals surface area contributed by atoms with Crippen LogP contribution in [0.1, 0.15) is 16.1 Å². The van der Waals surface area contributed by atoms with E-state index in [1.54, 1.807) is 29.7 Å². The highest BCUT2D eigenvalue weighted by atomic mass is 79.9. The second kappa shape index (κ2) is 6.24. The number of nitrogens with one attached hydrogen (secondary N) is 1. The molecule has 0 saturated carbocycles. The van der Waals surface area contributed by atoms with E-state index in [4.69, 9.17) is 4.42 Å². The van der Waals surface area contributed by atoms with Crippen LogP contribution in [-0.4, -0.2) is 10.9 Å². The topological polar surface area (TPSA) is 55.1 Å². The Morgan fingerprint density at radius 3 is 2.90 bits per heavy atom. The smallest absolute Gasteiger partial charge is 0.287 e. The Balaban J connectivity index is 1.75. The van der Waals surface area contributed by atoms with Gasteiger partial charge in [0.05, 0.1) is 10.6 Å². The number of carbonyl (C=O) groups is 1. The Bertz CT molecular complexity index is 753. The summed E-state index contributed by atoms with van der Waals surface area (Å²) in [5.74, 6) is 0.0325. The SMILES string of the molecule is O=C(NCc1cccnc1-c1cccs1)c1ccc(Br)o1. The summed E-state index contributed by atoms with van der Waals surface area (Å²) in [6, 6.07) is 11.1. The van der Waals surface area contributed by atoms with Gasteiger partial charge in [0.25, 0.3) is 5.91 Å². The van der Waals surface area contributed by atoms with Gasteiger partial charge < -0.3 is 9.73 Å². The fourth-order valence-electron chi connectivity index (χ4n) is 1.92. The second-order valence-electron chi connectivity index (χ2n) is 4.27. The van der Waals surface area contributed by atoms with E-state index in [0.717, 1.165) is 16.1 Å². The molecule has 0 aromatic carbocycles. The minimum Gasteiger partial charge on any atom is -0.444 e. The summed E-state index contributed by atoms with van der Waals surface area (Å²) < 4.78 is 5.76. The van der Waals surface area contributed by atoms with Gasteiger partial charge in [0, 0.05) is 12.7 Å². The minimum atomic E-state index is -0.248. The molecule has 6 heteroatoms. The van der Waals surface area contributed by atoms with E-state index >= 15 is 0 Å². The summed E-state index contributed by atoms with van der Waals surface area (Å²) in [4.78, 5) is 17.5. The molecule has 21 heavy (non-hydrogen) atoms. The third-order valence-corrected chi connectivity index (χ3v) is 4.19. The van der Waals surface area contributed by atoms with Crippen molar-refractivity contribution in [2.75, 3.05) is 0 Å². The van der Waals surface area contributed by atoms with Crippen LogP contribution in [-0.2, 0) is 6.54 Å². The standard InChI is InChI=1S/C15H11BrN2O2S/c16-13-6-5-11(20-13)15(19)18-9-10-3-1-7-17-14(10)12-4-2-8-21-12/h1-8H,9H2,(H,18,19). The van der Waals surface area contributed by atoms with Crippen LogP contribution >= 0.6 is 27.3 Å². The maximum atomic E-state index is 12.0. The van der Waals surface area contributed by atoms with E-state index in [2.05, 4.69) is 26.2 Å². The van der Waals surface area contributed by atoms with Gasteiger partial charge in [-0.1, -0.05) is 12.1 Å². The van der Waals surface area contributed by atoms with Crippen LogP contribution < -0.4 is 5.32 Å². The normalized spacial score (nSPS) is 10.5. The lowest BCUT2D eigenvalue weighted by Crippen LogP contribution is -2.22. The molecule has 0 bridgehead atoms. The Morgan fingerprint density at radius 1 is 1.29 bits per heavy atom. The number of halogens is 1. The van der Waals surface area contributed by atoms with Gasteiger partial charge in [-0.2, -0.15) is 0 Å². The molecule has 3 heterocycles. The summed E-state index contributed by atoms with van der Waals surface area (Å²) in [6.07, 6.45) is 1.75. The van der Waals surface area contributed by atoms with Crippen molar-refractivity contribution in [1.82, 2.24) is 10.3 Å². The van der Waals surface area contributed by atoms with Crippen molar-refractivity contribution in [3.8, 4) is 10.6 Å². The number of aromatic nitrogens is 1. The lowest BCUT2D eigenvalue weighted by molar-refractivity contribution is 0.0922. The van der Waals surface area contributed by atoms with Crippen molar-refractivity contribution in [1.29, 1.82) is 0 Å². The van der Waals surface area contributed by atoms with Crippen LogP contribution in [0.3, 0.4) is 0 Å². The predicted octanol–water partition coefficient (Wildman–Crippen LogP) is 4.10. The Labute approximate surface area is 134 Å². The number of carbonyl (C=O) groups excluding carboxylic acids is 1. The number of furan rings is 1. The van der Waals surface area contributed by atoms with E-state index in [9.17, 15) is 4.79 Å². The molecular formula is C15H11BrN2O2S. The highest BCUT2D eigenvalue weighted by Gasteiger charge is 2.12. The van der Waals surface area contributed by atoms with Crippen molar-refractivity contribution < 1.29 is 9.21 Å². The quantitative estimate of drug-likeness (QED) is 0.760. The molecule has 0 aliphatic rings. The monoisotopic (exact) mass is 362 g/mol. The molecule has 0 spiro atoms. The first-order valence-corrected chi connectivity index (χ1v) is 7.92. The van der Waals surface area contributed by atoms with E-state index in [1.807, 2.05) is 29.6 Å². The van der Waals surface area contributed by atoms with Crippen LogP contribution in [0.4, 0.5) is 0 Å². The fraction of sp³-hybridized carbons (Fsp3) is 0.0667. The average molecular weight is 363 g/mol. The molecule has 0 aliphatic heterocycles. The molecule has 106 valence electrons. The van der Waals surface area contributed by atoms with Crippen molar-refractivity contribution in [2.45, 2.75) is 6.54 Å². The number of thiophene rings is 1. The molecule has 1 amide bonds. The summed E-state index contributed by atoms with van der Waals surface area (Å²) >= 11 is 4.80. The molecular weight excluding hydrogens is 352 g/mol. The Morgan fingerprint density at radius 2 is 2.19 bits per heavy atom. The first-order valence-electron chi connectivity index (χ1n) is 6.25. The maximum absolute atomic E-state index is 12.0. The van der Waals surface area contributed by atoms with Crippen molar-refractivity contribution in [3.05, 3.63) is 64.0 Å². The van der Waals surface area contributed by atoms with Gasteiger partial charge in [-0.15, -0.1) is 11.3 Å². The minimum absolute atomic E-state index is 0.248. The zero-order chi connectivity index (χ0) is 14.7. The van der Waals surface area contributed by atoms with Crippen molar-refractivity contribution in [2.24, 2.45) is 0 Å². The summed E-state index contributed by atoms with van der Waals surface area (Å²) in [5.41, 5.74) is 1.87. The first-order chi connectivity index (χ1) is 10.2. The third kappa shape index (κ3) is 3.22. The zero-order valence-corrected chi connectivity index (χ0v) is 13.3. The van der Waals surface area contributed by atoms with E-state index < -0.39 is 0 Å². The highest BCUT2D eigenvalue weighted by Crippen LogP contribution is 2.25. The van der Waals surface area contributed by atoms with Gasteiger partial charge in [0.1, 0.15) is 0 Å². The molecule has 4 nitrogen and oxygen atoms in total. The van der Waals surface area contributed by atoms with Gasteiger partial charge >= 0.3 is 0 Å². The second-order valence-corrected chi connectivity index (χ2v) is 6.00. The average Bonchev–Trinajstić information content (AvgIpc) is 3.16. The van der Waals surface area contributed by atoms with E-state index in [0.29, 0.717) is 11.2 Å². The van der Waals surface area contributed by atoms with Gasteiger partial charge in [-0.25, -0.2) is 0 Å². The van der Waals surface area contributed by atoms with Gasteiger partial charge in [0.15, 0.2) is 10.4 Å². The third-order valence-electron chi connectivity index (χ3n) is 2.88. The van der Waals surface area contributed by atoms with E-state index in [1.165, 1.54) is 0 Å². The molecule has 0 unspecified atom stereocenters. The number of rotatable bonds is 4. The lowest BCUT2D eigenvalue weighted by Gasteiger charge is -2.07. The Hall–Kier alpha value is -1.92. The molecule has 0 aliphatic carbocycles. The summed E-state index contributed by atoms with van der Waals surface area (Å²) in [5, 5.41) is 4.85. The van der Waals surface area contributed by atoms with E-state index in [-0.39, 0.29) is 11.7 Å². The number of amides is 1. The number of hydrogen-bond donors (Lipinski definition) is 1. The number of hydrogen-bond acceptors (Lipinski definition) is 4. The van der Waals surface area contributed by atoms with Crippen LogP contribution in [0, 0.1) is 0 Å². The number of nitrogens with zero attached hydrogens (tertiary/aromatic N) is 1. The molecule has 3 aromatic rings. The first kappa shape index (κ1) is 14.0. The zero-order valence-electron chi connectivity index (χ0n) is 10.9. The molecule has 0 radical (unpaired) electrons.